The highest BCUT2D eigenvalue weighted by Gasteiger charge is 2.77. The molecule has 2 amide bonds. The van der Waals surface area contributed by atoms with E-state index in [1.165, 1.54) is 6.07 Å². The molecule has 56 heavy (non-hydrogen) atoms. The van der Waals surface area contributed by atoms with Crippen LogP contribution in [-0.4, -0.2) is 63.9 Å². The molecule has 4 aliphatic rings. The number of amides is 2. The average molecular weight is 801 g/mol. The van der Waals surface area contributed by atoms with E-state index in [1.807, 2.05) is 66.7 Å². The van der Waals surface area contributed by atoms with Crippen LogP contribution in [0.4, 0.5) is 10.1 Å². The fraction of sp³-hybridized carbons (Fsp3) is 0.422. The molecule has 3 fully saturated rings. The number of benzene rings is 4. The third-order valence-electron chi connectivity index (χ3n) is 13.1. The molecule has 0 aromatic heterocycles. The zero-order chi connectivity index (χ0) is 39.4. The number of ether oxygens (including phenoxy) is 1. The highest BCUT2D eigenvalue weighted by molar-refractivity contribution is 6.31. The number of aliphatic hydroxyl groups excluding tert-OH is 2. The summed E-state index contributed by atoms with van der Waals surface area (Å²) in [7, 11) is 0. The van der Waals surface area contributed by atoms with Gasteiger partial charge >= 0.3 is 0 Å². The second-order valence-electron chi connectivity index (χ2n) is 16.8. The van der Waals surface area contributed by atoms with Crippen molar-refractivity contribution in [1.82, 2.24) is 10.2 Å². The van der Waals surface area contributed by atoms with Crippen LogP contribution in [-0.2, 0) is 19.7 Å². The fourth-order valence-corrected chi connectivity index (χ4v) is 10.8. The number of nitrogens with zero attached hydrogens (tertiary/aromatic N) is 1. The van der Waals surface area contributed by atoms with Crippen LogP contribution in [0, 0.1) is 11.2 Å². The minimum absolute atomic E-state index is 0.101. The summed E-state index contributed by atoms with van der Waals surface area (Å²) in [5.41, 5.74) is -0.133. The van der Waals surface area contributed by atoms with E-state index in [1.54, 1.807) is 24.3 Å². The lowest BCUT2D eigenvalue weighted by atomic mass is 9.53. The van der Waals surface area contributed by atoms with E-state index in [-0.39, 0.29) is 41.2 Å². The van der Waals surface area contributed by atoms with E-state index in [4.69, 9.17) is 27.9 Å². The van der Waals surface area contributed by atoms with E-state index in [9.17, 15) is 10.2 Å². The summed E-state index contributed by atoms with van der Waals surface area (Å²) in [6, 6.07) is 26.6. The van der Waals surface area contributed by atoms with Gasteiger partial charge in [-0.1, -0.05) is 116 Å². The molecule has 1 saturated carbocycles. The van der Waals surface area contributed by atoms with Crippen molar-refractivity contribution in [3.63, 3.8) is 0 Å². The van der Waals surface area contributed by atoms with Crippen molar-refractivity contribution in [2.75, 3.05) is 18.5 Å². The van der Waals surface area contributed by atoms with Crippen molar-refractivity contribution in [3.8, 4) is 0 Å². The highest BCUT2D eigenvalue weighted by Crippen LogP contribution is 2.70. The van der Waals surface area contributed by atoms with Gasteiger partial charge in [0.25, 0.3) is 0 Å². The predicted molar refractivity (Wildman–Crippen MR) is 215 cm³/mol. The first-order valence-electron chi connectivity index (χ1n) is 19.6. The Morgan fingerprint density at radius 3 is 2.27 bits per heavy atom. The van der Waals surface area contributed by atoms with Gasteiger partial charge in [0.2, 0.25) is 11.8 Å². The minimum Gasteiger partial charge on any atom is -0.394 e. The topological polar surface area (TPSA) is 111 Å². The lowest BCUT2D eigenvalue weighted by Crippen LogP contribution is -2.64. The average Bonchev–Trinajstić information content (AvgIpc) is 3.63. The Labute approximate surface area is 337 Å². The molecule has 0 bridgehead atoms. The maximum absolute atomic E-state index is 17.1. The minimum atomic E-state index is -1.55. The molecule has 0 unspecified atom stereocenters. The molecule has 3 aliphatic heterocycles. The van der Waals surface area contributed by atoms with Gasteiger partial charge < -0.3 is 25.6 Å². The number of hydrogen-bond acceptors (Lipinski definition) is 6. The van der Waals surface area contributed by atoms with Crippen molar-refractivity contribution in [1.29, 1.82) is 0 Å². The molecule has 2 spiro atoms. The van der Waals surface area contributed by atoms with Gasteiger partial charge in [-0.15, -0.1) is 0 Å². The highest BCUT2D eigenvalue weighted by atomic mass is 35.5. The molecule has 4 aromatic carbocycles. The Morgan fingerprint density at radius 2 is 1.62 bits per heavy atom. The quantitative estimate of drug-likeness (QED) is 0.143. The summed E-state index contributed by atoms with van der Waals surface area (Å²) in [6.07, 6.45) is 1.93. The molecule has 8 rings (SSSR count). The zero-order valence-corrected chi connectivity index (χ0v) is 33.1. The van der Waals surface area contributed by atoms with Gasteiger partial charge in [0, 0.05) is 22.2 Å². The molecular weight excluding hydrogens is 752 g/mol. The molecule has 294 valence electrons. The largest absolute Gasteiger partial charge is 0.394 e. The first-order chi connectivity index (χ1) is 26.9. The van der Waals surface area contributed by atoms with Gasteiger partial charge in [-0.25, -0.2) is 4.39 Å². The van der Waals surface area contributed by atoms with Crippen LogP contribution in [0.2, 0.25) is 10.0 Å². The van der Waals surface area contributed by atoms with E-state index in [0.717, 1.165) is 5.56 Å². The van der Waals surface area contributed by atoms with Gasteiger partial charge in [-0.05, 0) is 84.4 Å². The fourth-order valence-electron chi connectivity index (χ4n) is 10.4. The number of likely N-dealkylation sites (tertiary alicyclic amines) is 1. The second-order valence-corrected chi connectivity index (χ2v) is 17.6. The Hall–Kier alpha value is -3.83. The van der Waals surface area contributed by atoms with Crippen LogP contribution in [0.15, 0.2) is 97.1 Å². The number of aliphatic hydroxyl groups is 2. The van der Waals surface area contributed by atoms with Crippen LogP contribution < -0.4 is 10.6 Å². The molecule has 7 atom stereocenters. The van der Waals surface area contributed by atoms with Crippen LogP contribution >= 0.6 is 23.2 Å². The van der Waals surface area contributed by atoms with Crippen molar-refractivity contribution in [3.05, 3.63) is 135 Å². The van der Waals surface area contributed by atoms with Crippen molar-refractivity contribution in [2.45, 2.75) is 99.6 Å². The number of fused-ring (bicyclic) bond motifs is 3. The van der Waals surface area contributed by atoms with E-state index in [2.05, 4.69) is 29.4 Å². The summed E-state index contributed by atoms with van der Waals surface area (Å²) in [4.78, 5) is 33.4. The van der Waals surface area contributed by atoms with Gasteiger partial charge in [-0.2, -0.15) is 0 Å². The Bertz CT molecular complexity index is 2090. The lowest BCUT2D eigenvalue weighted by Gasteiger charge is -2.56. The van der Waals surface area contributed by atoms with Crippen molar-refractivity contribution < 1.29 is 28.9 Å². The SMILES string of the molecule is CC1(C)CCC2(CC1)N([C@H](c1ccccc1)[C@@H](O)c1ccccc1)[C@@H](C(=O)N[C@@H]1CC[C@@H](CO)OC1)[C@H](c1cccc(Cl)c1F)[C@]21C(=O)Nc2cc(Cl)ccc21. The maximum Gasteiger partial charge on any atom is 0.238 e. The predicted octanol–water partition coefficient (Wildman–Crippen LogP) is 8.26. The number of anilines is 1. The number of rotatable bonds is 8. The number of halogens is 3. The van der Waals surface area contributed by atoms with Gasteiger partial charge in [0.05, 0.1) is 48.6 Å². The number of nitrogens with one attached hydrogen (secondary N) is 2. The van der Waals surface area contributed by atoms with E-state index >= 15 is 14.0 Å². The Morgan fingerprint density at radius 1 is 0.946 bits per heavy atom. The molecule has 4 N–H and O–H groups in total. The van der Waals surface area contributed by atoms with Crippen LogP contribution in [0.5, 0.6) is 0 Å². The third-order valence-corrected chi connectivity index (χ3v) is 13.7. The zero-order valence-electron chi connectivity index (χ0n) is 31.6. The summed E-state index contributed by atoms with van der Waals surface area (Å²) >= 11 is 13.2. The Kier molecular flexibility index (Phi) is 10.6. The monoisotopic (exact) mass is 799 g/mol. The van der Waals surface area contributed by atoms with Crippen LogP contribution in [0.1, 0.15) is 92.7 Å². The third kappa shape index (κ3) is 6.35. The summed E-state index contributed by atoms with van der Waals surface area (Å²) in [5.74, 6) is -2.59. The van der Waals surface area contributed by atoms with Crippen LogP contribution in [0.3, 0.4) is 0 Å². The van der Waals surface area contributed by atoms with Crippen molar-refractivity contribution >= 4 is 40.7 Å². The Balaban J connectivity index is 1.46. The second kappa shape index (κ2) is 15.2. The van der Waals surface area contributed by atoms with Gasteiger partial charge in [-0.3, -0.25) is 14.5 Å². The summed E-state index contributed by atoms with van der Waals surface area (Å²) < 4.78 is 23.0. The number of carbonyl (C=O) groups excluding carboxylic acids is 2. The van der Waals surface area contributed by atoms with Crippen LogP contribution in [0.25, 0.3) is 0 Å². The van der Waals surface area contributed by atoms with Crippen molar-refractivity contribution in [2.24, 2.45) is 5.41 Å². The molecule has 8 nitrogen and oxygen atoms in total. The number of hydrogen-bond donors (Lipinski definition) is 4. The standard InChI is InChI=1S/C45H48Cl2FN3O5/c1-43(2)20-22-44(23-21-43)45(33-19-16-29(46)24-35(33)50-42(45)55)36(32-14-9-15-34(47)37(32)48)39(41(54)49-30-17-18-31(25-52)56-26-30)51(44)38(27-10-5-3-6-11-27)40(53)28-12-7-4-8-13-28/h3-16,19,24,30-31,36,38-40,52-53H,17-18,20-23,25-26H2,1-2H3,(H,49,54)(H,50,55)/t30-,31+,36+,38-,39-,40+,45-/m1/s1. The number of carbonyl (C=O) groups is 2. The molecule has 0 radical (unpaired) electrons. The molecule has 1 aliphatic carbocycles. The molecule has 11 heteroatoms. The summed E-state index contributed by atoms with van der Waals surface area (Å²) in [6.45, 7) is 4.48. The maximum atomic E-state index is 17.1. The summed E-state index contributed by atoms with van der Waals surface area (Å²) in [5, 5.41) is 29.4. The first kappa shape index (κ1) is 39.0. The smallest absolute Gasteiger partial charge is 0.238 e. The van der Waals surface area contributed by atoms with Gasteiger partial charge in [0.15, 0.2) is 0 Å². The van der Waals surface area contributed by atoms with E-state index < -0.39 is 52.8 Å². The molecule has 3 heterocycles. The van der Waals surface area contributed by atoms with E-state index in [0.29, 0.717) is 60.4 Å². The molecular formula is C45H48Cl2FN3O5. The molecule has 4 aromatic rings. The first-order valence-corrected chi connectivity index (χ1v) is 20.3. The molecule has 2 saturated heterocycles. The van der Waals surface area contributed by atoms with Gasteiger partial charge in [0.1, 0.15) is 11.2 Å². The normalized spacial score (nSPS) is 27.8. The lowest BCUT2D eigenvalue weighted by molar-refractivity contribution is -0.138.